The number of hydrogen-bond donors (Lipinski definition) is 1. The van der Waals surface area contributed by atoms with Crippen molar-refractivity contribution in [3.63, 3.8) is 0 Å². The molecule has 116 valence electrons. The number of amides is 1. The van der Waals surface area contributed by atoms with E-state index in [0.29, 0.717) is 5.56 Å². The second-order valence-corrected chi connectivity index (χ2v) is 5.82. The predicted octanol–water partition coefficient (Wildman–Crippen LogP) is 5.35. The molecule has 0 bridgehead atoms. The van der Waals surface area contributed by atoms with E-state index in [1.54, 1.807) is 6.92 Å². The van der Waals surface area contributed by atoms with Gasteiger partial charge in [0, 0.05) is 5.56 Å². The molecule has 0 aromatic heterocycles. The van der Waals surface area contributed by atoms with Gasteiger partial charge < -0.3 is 5.32 Å². The summed E-state index contributed by atoms with van der Waals surface area (Å²) >= 11 is 6.14. The molecule has 0 aliphatic carbocycles. The smallest absolute Gasteiger partial charge is 0.289 e. The van der Waals surface area contributed by atoms with Crippen LogP contribution in [0, 0.1) is 12.7 Å². The van der Waals surface area contributed by atoms with Gasteiger partial charge in [0.2, 0.25) is 0 Å². The van der Waals surface area contributed by atoms with Gasteiger partial charge in [0.05, 0.1) is 15.6 Å². The van der Waals surface area contributed by atoms with Crippen LogP contribution in [0.2, 0.25) is 5.02 Å². The zero-order valence-corrected chi connectivity index (χ0v) is 12.9. The van der Waals surface area contributed by atoms with Crippen molar-refractivity contribution in [3.05, 3.63) is 58.4 Å². The summed E-state index contributed by atoms with van der Waals surface area (Å²) in [4.78, 5) is 12.3. The number of carbonyl (C=O) groups excluding carboxylic acids is 1. The fraction of sp³-hybridized carbons (Fsp3) is 0.133. The number of alkyl halides is 2. The summed E-state index contributed by atoms with van der Waals surface area (Å²) < 4.78 is 38.5. The van der Waals surface area contributed by atoms with E-state index in [4.69, 9.17) is 11.6 Å². The third-order valence-corrected chi connectivity index (χ3v) is 4.15. The molecule has 0 saturated carbocycles. The molecule has 0 unspecified atom stereocenters. The Labute approximate surface area is 134 Å². The molecule has 2 aromatic carbocycles. The van der Waals surface area contributed by atoms with Crippen LogP contribution in [0.1, 0.15) is 15.9 Å². The summed E-state index contributed by atoms with van der Waals surface area (Å²) in [5.41, 5.74) is 0.864. The van der Waals surface area contributed by atoms with Gasteiger partial charge in [0.1, 0.15) is 5.82 Å². The van der Waals surface area contributed by atoms with Crippen molar-refractivity contribution in [2.24, 2.45) is 0 Å². The predicted molar refractivity (Wildman–Crippen MR) is 82.4 cm³/mol. The molecule has 0 aliphatic heterocycles. The van der Waals surface area contributed by atoms with Crippen LogP contribution in [0.15, 0.2) is 41.3 Å². The molecular formula is C15H11ClF3NOS. The Morgan fingerprint density at radius 3 is 2.68 bits per heavy atom. The highest BCUT2D eigenvalue weighted by molar-refractivity contribution is 7.99. The van der Waals surface area contributed by atoms with Crippen molar-refractivity contribution in [2.75, 3.05) is 5.32 Å². The van der Waals surface area contributed by atoms with Crippen molar-refractivity contribution >= 4 is 35.0 Å². The number of aryl methyl sites for hydroxylation is 1. The van der Waals surface area contributed by atoms with E-state index in [9.17, 15) is 18.0 Å². The van der Waals surface area contributed by atoms with Crippen molar-refractivity contribution in [1.82, 2.24) is 0 Å². The first-order valence-electron chi connectivity index (χ1n) is 6.19. The van der Waals surface area contributed by atoms with Crippen molar-refractivity contribution < 1.29 is 18.0 Å². The first kappa shape index (κ1) is 16.7. The zero-order chi connectivity index (χ0) is 16.3. The van der Waals surface area contributed by atoms with Gasteiger partial charge in [-0.1, -0.05) is 35.5 Å². The van der Waals surface area contributed by atoms with E-state index in [-0.39, 0.29) is 32.9 Å². The van der Waals surface area contributed by atoms with Gasteiger partial charge in [0.15, 0.2) is 0 Å². The van der Waals surface area contributed by atoms with Gasteiger partial charge in [-0.15, -0.1) is 0 Å². The topological polar surface area (TPSA) is 29.1 Å². The van der Waals surface area contributed by atoms with Crippen LogP contribution in [0.3, 0.4) is 0 Å². The van der Waals surface area contributed by atoms with E-state index in [0.717, 1.165) is 6.07 Å². The van der Waals surface area contributed by atoms with Gasteiger partial charge >= 0.3 is 0 Å². The monoisotopic (exact) mass is 345 g/mol. The van der Waals surface area contributed by atoms with Gasteiger partial charge in [-0.25, -0.2) is 4.39 Å². The molecule has 0 saturated heterocycles. The second kappa shape index (κ2) is 7.07. The number of hydrogen-bond acceptors (Lipinski definition) is 2. The van der Waals surface area contributed by atoms with Crippen LogP contribution in [-0.2, 0) is 0 Å². The van der Waals surface area contributed by atoms with E-state index in [2.05, 4.69) is 5.32 Å². The molecule has 1 amide bonds. The molecule has 0 atom stereocenters. The first-order valence-corrected chi connectivity index (χ1v) is 7.45. The number of carbonyl (C=O) groups is 1. The lowest BCUT2D eigenvalue weighted by atomic mass is 10.1. The van der Waals surface area contributed by atoms with Crippen LogP contribution in [-0.4, -0.2) is 11.7 Å². The highest BCUT2D eigenvalue weighted by Gasteiger charge is 2.17. The fourth-order valence-electron chi connectivity index (χ4n) is 1.84. The number of benzene rings is 2. The molecule has 0 heterocycles. The normalized spacial score (nSPS) is 10.8. The molecule has 0 spiro atoms. The largest absolute Gasteiger partial charge is 0.321 e. The Balaban J connectivity index is 2.32. The van der Waals surface area contributed by atoms with Crippen molar-refractivity contribution in [1.29, 1.82) is 0 Å². The minimum absolute atomic E-state index is 0.0709. The molecule has 0 aliphatic rings. The lowest BCUT2D eigenvalue weighted by Gasteiger charge is -2.13. The van der Waals surface area contributed by atoms with Gasteiger partial charge in [0.25, 0.3) is 11.7 Å². The van der Waals surface area contributed by atoms with E-state index < -0.39 is 17.5 Å². The number of rotatable bonds is 4. The Morgan fingerprint density at radius 2 is 2.00 bits per heavy atom. The average molecular weight is 346 g/mol. The molecular weight excluding hydrogens is 335 g/mol. The Hall–Kier alpha value is -1.66. The lowest BCUT2D eigenvalue weighted by Crippen LogP contribution is -2.14. The molecule has 2 nitrogen and oxygen atoms in total. The third kappa shape index (κ3) is 3.96. The van der Waals surface area contributed by atoms with Crippen LogP contribution in [0.25, 0.3) is 0 Å². The van der Waals surface area contributed by atoms with Gasteiger partial charge in [-0.3, -0.25) is 4.79 Å². The Kier molecular flexibility index (Phi) is 5.37. The van der Waals surface area contributed by atoms with E-state index in [1.165, 1.54) is 30.3 Å². The van der Waals surface area contributed by atoms with E-state index >= 15 is 0 Å². The van der Waals surface area contributed by atoms with Crippen LogP contribution in [0.5, 0.6) is 0 Å². The van der Waals surface area contributed by atoms with E-state index in [1.807, 2.05) is 0 Å². The van der Waals surface area contributed by atoms with Gasteiger partial charge in [-0.2, -0.15) is 8.78 Å². The number of thioether (sulfide) groups is 1. The summed E-state index contributed by atoms with van der Waals surface area (Å²) in [7, 11) is 0. The minimum atomic E-state index is -2.67. The molecule has 22 heavy (non-hydrogen) atoms. The molecule has 1 N–H and O–H groups in total. The molecule has 0 fully saturated rings. The number of halogens is 4. The molecule has 2 rings (SSSR count). The van der Waals surface area contributed by atoms with Gasteiger partial charge in [-0.05, 0) is 36.8 Å². The summed E-state index contributed by atoms with van der Waals surface area (Å²) in [6.45, 7) is 1.65. The number of nitrogens with one attached hydrogen (secondary N) is 1. The fourth-order valence-corrected chi connectivity index (χ4v) is 2.76. The summed E-state index contributed by atoms with van der Waals surface area (Å²) in [5, 5.41) is 2.61. The standard InChI is InChI=1S/C15H11ClF3NOS/c1-8-5-6-9(17)7-10(8)14(21)20-12-4-2-3-11(16)13(12)22-15(18)19/h2-7,15H,1H3,(H,20,21). The SMILES string of the molecule is Cc1ccc(F)cc1C(=O)Nc1cccc(Cl)c1SC(F)F. The highest BCUT2D eigenvalue weighted by Crippen LogP contribution is 2.37. The summed E-state index contributed by atoms with van der Waals surface area (Å²) in [5.74, 6) is -3.81. The first-order chi connectivity index (χ1) is 10.4. The van der Waals surface area contributed by atoms with Crippen molar-refractivity contribution in [3.8, 4) is 0 Å². The Morgan fingerprint density at radius 1 is 1.27 bits per heavy atom. The average Bonchev–Trinajstić information content (AvgIpc) is 2.45. The maximum Gasteiger partial charge on any atom is 0.289 e. The summed E-state index contributed by atoms with van der Waals surface area (Å²) in [6.07, 6.45) is 0. The van der Waals surface area contributed by atoms with Crippen LogP contribution < -0.4 is 5.32 Å². The molecule has 2 aromatic rings. The zero-order valence-electron chi connectivity index (χ0n) is 11.4. The highest BCUT2D eigenvalue weighted by atomic mass is 35.5. The Bertz CT molecular complexity index is 709. The second-order valence-electron chi connectivity index (χ2n) is 4.41. The quantitative estimate of drug-likeness (QED) is 0.756. The maximum atomic E-state index is 13.3. The van der Waals surface area contributed by atoms with Crippen LogP contribution >= 0.6 is 23.4 Å². The third-order valence-electron chi connectivity index (χ3n) is 2.87. The maximum absolute atomic E-state index is 13.3. The molecule has 0 radical (unpaired) electrons. The number of anilines is 1. The summed E-state index contributed by atoms with van der Waals surface area (Å²) in [6, 6.07) is 8.25. The minimum Gasteiger partial charge on any atom is -0.321 e. The molecule has 7 heteroatoms. The van der Waals surface area contributed by atoms with Crippen molar-refractivity contribution in [2.45, 2.75) is 17.6 Å². The van der Waals surface area contributed by atoms with Crippen LogP contribution in [0.4, 0.5) is 18.9 Å². The lowest BCUT2D eigenvalue weighted by molar-refractivity contribution is 0.102.